The lowest BCUT2D eigenvalue weighted by Crippen LogP contribution is -2.61. The van der Waals surface area contributed by atoms with Crippen LogP contribution in [0.4, 0.5) is 0 Å². The second-order valence-corrected chi connectivity index (χ2v) is 7.30. The molecular formula is C16H28N4O7. The second-order valence-electron chi connectivity index (χ2n) is 7.30. The highest BCUT2D eigenvalue weighted by Crippen LogP contribution is 2.22. The summed E-state index contributed by atoms with van der Waals surface area (Å²) in [6.07, 6.45) is -1.48. The molecule has 0 aromatic rings. The fourth-order valence-corrected chi connectivity index (χ4v) is 2.71. The first-order valence-corrected chi connectivity index (χ1v) is 8.27. The number of rotatable bonds is 11. The van der Waals surface area contributed by atoms with E-state index < -0.39 is 46.8 Å². The predicted octanol–water partition coefficient (Wildman–Crippen LogP) is -1.60. The van der Waals surface area contributed by atoms with Crippen LogP contribution in [-0.2, 0) is 33.6 Å². The highest BCUT2D eigenvalue weighted by Gasteiger charge is 2.50. The Kier molecular flexibility index (Phi) is 8.86. The van der Waals surface area contributed by atoms with Crippen LogP contribution in [0.5, 0.6) is 0 Å². The standard InChI is InChI=1S/C16H28N4O7/c1-8(2)6-15(17,13(24)26-19)11(22)5-10(21)12(23)16(18,7-9(3)4)14(25)27-20/h8-9H,5-7,17-20H2,1-4H3/t15-,16-/m1/s1. The topological polar surface area (TPSA) is 208 Å². The number of carbonyl (C=O) groups excluding carboxylic acids is 5. The summed E-state index contributed by atoms with van der Waals surface area (Å²) in [7, 11) is 0. The minimum absolute atomic E-state index is 0.173. The maximum absolute atomic E-state index is 12.5. The van der Waals surface area contributed by atoms with Crippen molar-refractivity contribution in [3.63, 3.8) is 0 Å². The highest BCUT2D eigenvalue weighted by molar-refractivity contribution is 6.47. The van der Waals surface area contributed by atoms with E-state index in [4.69, 9.17) is 23.3 Å². The second kappa shape index (κ2) is 9.65. The van der Waals surface area contributed by atoms with Gasteiger partial charge in [-0.2, -0.15) is 11.8 Å². The van der Waals surface area contributed by atoms with E-state index in [1.54, 1.807) is 27.7 Å². The van der Waals surface area contributed by atoms with Crippen molar-refractivity contribution >= 4 is 29.3 Å². The van der Waals surface area contributed by atoms with Crippen molar-refractivity contribution in [2.45, 2.75) is 58.0 Å². The molecule has 8 N–H and O–H groups in total. The van der Waals surface area contributed by atoms with Crippen LogP contribution in [0.2, 0.25) is 0 Å². The molecule has 2 atom stereocenters. The fraction of sp³-hybridized carbons (Fsp3) is 0.688. The van der Waals surface area contributed by atoms with Crippen LogP contribution in [0.1, 0.15) is 47.0 Å². The average Bonchev–Trinajstić information content (AvgIpc) is 2.57. The van der Waals surface area contributed by atoms with Gasteiger partial charge in [0.15, 0.2) is 16.9 Å². The van der Waals surface area contributed by atoms with Crippen molar-refractivity contribution in [3.8, 4) is 0 Å². The van der Waals surface area contributed by atoms with Gasteiger partial charge in [0.1, 0.15) is 0 Å². The van der Waals surface area contributed by atoms with Gasteiger partial charge in [0, 0.05) is 0 Å². The van der Waals surface area contributed by atoms with Gasteiger partial charge in [-0.1, -0.05) is 27.7 Å². The zero-order valence-corrected chi connectivity index (χ0v) is 15.9. The lowest BCUT2D eigenvalue weighted by Gasteiger charge is -2.27. The minimum atomic E-state index is -2.36. The third kappa shape index (κ3) is 5.89. The Balaban J connectivity index is 5.65. The third-order valence-corrected chi connectivity index (χ3v) is 3.88. The first kappa shape index (κ1) is 24.8. The van der Waals surface area contributed by atoms with Crippen molar-refractivity contribution in [2.24, 2.45) is 35.1 Å². The van der Waals surface area contributed by atoms with Crippen molar-refractivity contribution < 1.29 is 33.6 Å². The van der Waals surface area contributed by atoms with Crippen LogP contribution in [0.25, 0.3) is 0 Å². The van der Waals surface area contributed by atoms with Crippen LogP contribution in [-0.4, -0.2) is 40.4 Å². The quantitative estimate of drug-likeness (QED) is 0.180. The Morgan fingerprint density at radius 3 is 1.52 bits per heavy atom. The van der Waals surface area contributed by atoms with E-state index in [1.807, 2.05) is 0 Å². The molecule has 0 aliphatic carbocycles. The molecule has 0 fully saturated rings. The Labute approximate surface area is 157 Å². The van der Waals surface area contributed by atoms with Gasteiger partial charge in [0.25, 0.3) is 0 Å². The summed E-state index contributed by atoms with van der Waals surface area (Å²) in [4.78, 5) is 69.0. The summed E-state index contributed by atoms with van der Waals surface area (Å²) in [5.41, 5.74) is 7.00. The van der Waals surface area contributed by atoms with Gasteiger partial charge in [0.05, 0.1) is 6.42 Å². The van der Waals surface area contributed by atoms with Gasteiger partial charge in [-0.05, 0) is 24.7 Å². The van der Waals surface area contributed by atoms with E-state index in [9.17, 15) is 24.0 Å². The molecule has 154 valence electrons. The lowest BCUT2D eigenvalue weighted by atomic mass is 9.80. The van der Waals surface area contributed by atoms with Gasteiger partial charge in [-0.15, -0.1) is 0 Å². The number of hydrogen-bond donors (Lipinski definition) is 4. The number of carbonyl (C=O) groups is 5. The molecule has 0 amide bonds. The number of ketones is 3. The molecule has 11 heteroatoms. The molecular weight excluding hydrogens is 360 g/mol. The molecule has 27 heavy (non-hydrogen) atoms. The van der Waals surface area contributed by atoms with E-state index in [-0.39, 0.29) is 24.7 Å². The predicted molar refractivity (Wildman–Crippen MR) is 92.9 cm³/mol. The molecule has 0 saturated carbocycles. The van der Waals surface area contributed by atoms with Gasteiger partial charge in [-0.25, -0.2) is 9.59 Å². The molecule has 11 nitrogen and oxygen atoms in total. The summed E-state index contributed by atoms with van der Waals surface area (Å²) < 4.78 is 0. The van der Waals surface area contributed by atoms with E-state index in [1.165, 1.54) is 0 Å². The number of hydrogen-bond acceptors (Lipinski definition) is 11. The van der Waals surface area contributed by atoms with Gasteiger partial charge in [0.2, 0.25) is 11.6 Å². The molecule has 0 rings (SSSR count). The van der Waals surface area contributed by atoms with E-state index in [0.717, 1.165) is 0 Å². The van der Waals surface area contributed by atoms with Crippen LogP contribution in [0.15, 0.2) is 0 Å². The van der Waals surface area contributed by atoms with Crippen LogP contribution < -0.4 is 23.3 Å². The van der Waals surface area contributed by atoms with E-state index in [2.05, 4.69) is 9.68 Å². The van der Waals surface area contributed by atoms with E-state index in [0.29, 0.717) is 0 Å². The Morgan fingerprint density at radius 2 is 1.15 bits per heavy atom. The van der Waals surface area contributed by atoms with Crippen molar-refractivity contribution in [3.05, 3.63) is 0 Å². The Bertz CT molecular complexity index is 620. The molecule has 0 aliphatic rings. The summed E-state index contributed by atoms with van der Waals surface area (Å²) in [6, 6.07) is 0. The molecule has 0 aromatic heterocycles. The highest BCUT2D eigenvalue weighted by atomic mass is 16.7. The monoisotopic (exact) mass is 388 g/mol. The third-order valence-electron chi connectivity index (χ3n) is 3.88. The largest absolute Gasteiger partial charge is 0.372 e. The normalized spacial score (nSPS) is 15.6. The Hall–Kier alpha value is -2.21. The molecule has 0 saturated heterocycles. The van der Waals surface area contributed by atoms with Crippen LogP contribution in [0, 0.1) is 11.8 Å². The van der Waals surface area contributed by atoms with Crippen molar-refractivity contribution in [1.29, 1.82) is 0 Å². The first-order chi connectivity index (χ1) is 12.3. The minimum Gasteiger partial charge on any atom is -0.372 e. The van der Waals surface area contributed by atoms with Crippen molar-refractivity contribution in [1.82, 2.24) is 0 Å². The van der Waals surface area contributed by atoms with Crippen LogP contribution >= 0.6 is 0 Å². The summed E-state index contributed by atoms with van der Waals surface area (Å²) in [5.74, 6) is 2.79. The number of nitrogens with two attached hydrogens (primary N) is 4. The smallest absolute Gasteiger partial charge is 0.352 e. The van der Waals surface area contributed by atoms with Crippen molar-refractivity contribution in [2.75, 3.05) is 0 Å². The summed E-state index contributed by atoms with van der Waals surface area (Å²) >= 11 is 0. The SMILES string of the molecule is CC(C)C[C@@](N)(C(=O)CC(=O)C(=O)[C@](N)(CC(C)C)C(=O)ON)C(=O)ON. The molecule has 0 radical (unpaired) electrons. The first-order valence-electron chi connectivity index (χ1n) is 8.27. The number of Topliss-reactive ketones (excluding diaryl/α,β-unsaturated/α-hetero) is 3. The summed E-state index contributed by atoms with van der Waals surface area (Å²) in [5, 5.41) is 0. The van der Waals surface area contributed by atoms with E-state index >= 15 is 0 Å². The summed E-state index contributed by atoms with van der Waals surface area (Å²) in [6.45, 7) is 6.66. The maximum atomic E-state index is 12.5. The zero-order chi connectivity index (χ0) is 21.6. The molecule has 0 unspecified atom stereocenters. The molecule has 0 heterocycles. The van der Waals surface area contributed by atoms with Gasteiger partial charge in [-0.3, -0.25) is 14.4 Å². The lowest BCUT2D eigenvalue weighted by molar-refractivity contribution is -0.160. The van der Waals surface area contributed by atoms with Crippen LogP contribution in [0.3, 0.4) is 0 Å². The molecule has 0 aliphatic heterocycles. The average molecular weight is 388 g/mol. The van der Waals surface area contributed by atoms with Gasteiger partial charge < -0.3 is 21.1 Å². The maximum Gasteiger partial charge on any atom is 0.352 e. The molecule has 0 aromatic carbocycles. The zero-order valence-electron chi connectivity index (χ0n) is 15.9. The molecule has 0 bridgehead atoms. The molecule has 0 spiro atoms. The van der Waals surface area contributed by atoms with Gasteiger partial charge >= 0.3 is 11.9 Å². The fourth-order valence-electron chi connectivity index (χ4n) is 2.71. The Morgan fingerprint density at radius 1 is 0.778 bits per heavy atom.